The number of aliphatic carboxylic acids is 1. The van der Waals surface area contributed by atoms with Crippen molar-refractivity contribution >= 4 is 17.3 Å². The molecular formula is C16H19NO3S. The lowest BCUT2D eigenvalue weighted by Crippen LogP contribution is -2.02. The van der Waals surface area contributed by atoms with Gasteiger partial charge in [-0.15, -0.1) is 11.3 Å². The molecule has 2 aromatic rings. The molecule has 0 aliphatic heterocycles. The van der Waals surface area contributed by atoms with E-state index in [4.69, 9.17) is 9.84 Å². The van der Waals surface area contributed by atoms with Crippen LogP contribution >= 0.6 is 11.3 Å². The highest BCUT2D eigenvalue weighted by Gasteiger charge is 2.16. The topological polar surface area (TPSA) is 59.4 Å². The Balaban J connectivity index is 2.21. The Morgan fingerprint density at radius 3 is 2.52 bits per heavy atom. The summed E-state index contributed by atoms with van der Waals surface area (Å²) >= 11 is 1.50. The van der Waals surface area contributed by atoms with Crippen molar-refractivity contribution in [3.8, 4) is 5.75 Å². The lowest BCUT2D eigenvalue weighted by atomic mass is 10.1. The monoisotopic (exact) mass is 305 g/mol. The quantitative estimate of drug-likeness (QED) is 0.887. The number of ether oxygens (including phenoxy) is 1. The van der Waals surface area contributed by atoms with E-state index in [0.29, 0.717) is 6.42 Å². The molecule has 0 spiro atoms. The van der Waals surface area contributed by atoms with Gasteiger partial charge in [0.15, 0.2) is 0 Å². The highest BCUT2D eigenvalue weighted by molar-refractivity contribution is 7.11. The van der Waals surface area contributed by atoms with Gasteiger partial charge in [0.05, 0.1) is 24.2 Å². The number of aromatic nitrogens is 1. The number of nitrogens with zero attached hydrogens (tertiary/aromatic N) is 1. The van der Waals surface area contributed by atoms with Crippen LogP contribution in [0.4, 0.5) is 0 Å². The molecule has 0 aliphatic carbocycles. The molecular weight excluding hydrogens is 286 g/mol. The minimum absolute atomic E-state index is 0.0494. The van der Waals surface area contributed by atoms with Gasteiger partial charge in [-0.2, -0.15) is 0 Å². The first-order chi connectivity index (χ1) is 9.99. The second kappa shape index (κ2) is 6.72. The standard InChI is InChI=1S/C16H19NO3S/c1-10(2)16-13(9-15(18)19)21-14(17-16)8-11-4-6-12(20-3)7-5-11/h4-7,10H,8-9H2,1-3H3,(H,18,19). The largest absolute Gasteiger partial charge is 0.497 e. The van der Waals surface area contributed by atoms with Crippen LogP contribution in [0, 0.1) is 0 Å². The maximum atomic E-state index is 10.9. The van der Waals surface area contributed by atoms with Gasteiger partial charge in [-0.05, 0) is 23.6 Å². The molecule has 0 aliphatic rings. The molecule has 1 aromatic carbocycles. The Morgan fingerprint density at radius 1 is 1.33 bits per heavy atom. The van der Waals surface area contributed by atoms with Crippen molar-refractivity contribution in [2.24, 2.45) is 0 Å². The summed E-state index contributed by atoms with van der Waals surface area (Å²) in [6.07, 6.45) is 0.766. The Labute approximate surface area is 128 Å². The van der Waals surface area contributed by atoms with E-state index in [-0.39, 0.29) is 12.3 Å². The van der Waals surface area contributed by atoms with E-state index in [2.05, 4.69) is 4.98 Å². The SMILES string of the molecule is COc1ccc(Cc2nc(C(C)C)c(CC(=O)O)s2)cc1. The van der Waals surface area contributed by atoms with Gasteiger partial charge < -0.3 is 9.84 Å². The van der Waals surface area contributed by atoms with Crippen LogP contribution < -0.4 is 4.74 Å². The molecule has 0 fully saturated rings. The Kier molecular flexibility index (Phi) is 4.96. The second-order valence-corrected chi connectivity index (χ2v) is 6.33. The van der Waals surface area contributed by atoms with Gasteiger partial charge in [0.2, 0.25) is 0 Å². The van der Waals surface area contributed by atoms with E-state index < -0.39 is 5.97 Å². The first-order valence-electron chi connectivity index (χ1n) is 6.82. The smallest absolute Gasteiger partial charge is 0.308 e. The zero-order valence-corrected chi connectivity index (χ0v) is 13.2. The molecule has 112 valence electrons. The lowest BCUT2D eigenvalue weighted by molar-refractivity contribution is -0.136. The third kappa shape index (κ3) is 4.04. The van der Waals surface area contributed by atoms with Gasteiger partial charge in [0.25, 0.3) is 0 Å². The van der Waals surface area contributed by atoms with Crippen LogP contribution in [0.25, 0.3) is 0 Å². The predicted octanol–water partition coefficient (Wildman–Crippen LogP) is 3.49. The van der Waals surface area contributed by atoms with E-state index in [0.717, 1.165) is 26.9 Å². The fourth-order valence-electron chi connectivity index (χ4n) is 2.12. The summed E-state index contributed by atoms with van der Waals surface area (Å²) in [5, 5.41) is 9.95. The number of carboxylic acid groups (broad SMARTS) is 1. The van der Waals surface area contributed by atoms with Gasteiger partial charge in [0, 0.05) is 11.3 Å². The molecule has 0 atom stereocenters. The van der Waals surface area contributed by atoms with Crippen LogP contribution in [0.5, 0.6) is 5.75 Å². The van der Waals surface area contributed by atoms with Crippen molar-refractivity contribution in [1.29, 1.82) is 0 Å². The maximum absolute atomic E-state index is 10.9. The summed E-state index contributed by atoms with van der Waals surface area (Å²) in [4.78, 5) is 16.4. The van der Waals surface area contributed by atoms with Crippen molar-refractivity contribution in [2.45, 2.75) is 32.6 Å². The van der Waals surface area contributed by atoms with Gasteiger partial charge in [-0.1, -0.05) is 26.0 Å². The summed E-state index contributed by atoms with van der Waals surface area (Å²) in [6, 6.07) is 7.85. The Morgan fingerprint density at radius 2 is 2.00 bits per heavy atom. The van der Waals surface area contributed by atoms with Crippen LogP contribution in [0.1, 0.15) is 40.9 Å². The summed E-state index contributed by atoms with van der Waals surface area (Å²) < 4.78 is 5.14. The molecule has 0 bridgehead atoms. The average molecular weight is 305 g/mol. The number of benzene rings is 1. The summed E-state index contributed by atoms with van der Waals surface area (Å²) in [5.41, 5.74) is 2.05. The van der Waals surface area contributed by atoms with E-state index in [1.54, 1.807) is 7.11 Å². The lowest BCUT2D eigenvalue weighted by Gasteiger charge is -2.02. The molecule has 4 nitrogen and oxygen atoms in total. The number of carboxylic acids is 1. The summed E-state index contributed by atoms with van der Waals surface area (Å²) in [7, 11) is 1.64. The zero-order chi connectivity index (χ0) is 15.4. The molecule has 5 heteroatoms. The van der Waals surface area contributed by atoms with Crippen LogP contribution in [-0.2, 0) is 17.6 Å². The van der Waals surface area contributed by atoms with Crippen molar-refractivity contribution < 1.29 is 14.6 Å². The van der Waals surface area contributed by atoms with Crippen molar-refractivity contribution in [2.75, 3.05) is 7.11 Å². The molecule has 0 saturated heterocycles. The molecule has 21 heavy (non-hydrogen) atoms. The van der Waals surface area contributed by atoms with Crippen molar-refractivity contribution in [1.82, 2.24) is 4.98 Å². The molecule has 0 saturated carbocycles. The third-order valence-corrected chi connectivity index (χ3v) is 4.22. The van der Waals surface area contributed by atoms with E-state index >= 15 is 0 Å². The Bertz CT molecular complexity index is 617. The number of carbonyl (C=O) groups is 1. The first kappa shape index (κ1) is 15.5. The van der Waals surface area contributed by atoms with Crippen molar-refractivity contribution in [3.63, 3.8) is 0 Å². The summed E-state index contributed by atoms with van der Waals surface area (Å²) in [5.74, 6) is 0.254. The van der Waals surface area contributed by atoms with E-state index in [1.807, 2.05) is 38.1 Å². The number of thiazole rings is 1. The molecule has 0 unspecified atom stereocenters. The number of rotatable bonds is 6. The van der Waals surface area contributed by atoms with Gasteiger partial charge in [0.1, 0.15) is 5.75 Å². The van der Waals surface area contributed by atoms with Crippen LogP contribution in [0.15, 0.2) is 24.3 Å². The Hall–Kier alpha value is -1.88. The first-order valence-corrected chi connectivity index (χ1v) is 7.64. The van der Waals surface area contributed by atoms with Gasteiger partial charge >= 0.3 is 5.97 Å². The van der Waals surface area contributed by atoms with E-state index in [1.165, 1.54) is 11.3 Å². The zero-order valence-electron chi connectivity index (χ0n) is 12.4. The second-order valence-electron chi connectivity index (χ2n) is 5.17. The fraction of sp³-hybridized carbons (Fsp3) is 0.375. The minimum atomic E-state index is -0.809. The highest BCUT2D eigenvalue weighted by Crippen LogP contribution is 2.27. The number of hydrogen-bond acceptors (Lipinski definition) is 4. The number of methoxy groups -OCH3 is 1. The molecule has 0 amide bonds. The normalized spacial score (nSPS) is 10.9. The molecule has 1 aromatic heterocycles. The average Bonchev–Trinajstić information content (AvgIpc) is 2.81. The molecule has 1 N–H and O–H groups in total. The molecule has 2 rings (SSSR count). The predicted molar refractivity (Wildman–Crippen MR) is 83.3 cm³/mol. The third-order valence-electron chi connectivity index (χ3n) is 3.14. The van der Waals surface area contributed by atoms with Crippen molar-refractivity contribution in [3.05, 3.63) is 45.4 Å². The minimum Gasteiger partial charge on any atom is -0.497 e. The highest BCUT2D eigenvalue weighted by atomic mass is 32.1. The molecule has 0 radical (unpaired) electrons. The van der Waals surface area contributed by atoms with Gasteiger partial charge in [-0.25, -0.2) is 4.98 Å². The molecule has 1 heterocycles. The summed E-state index contributed by atoms with van der Waals surface area (Å²) in [6.45, 7) is 4.08. The maximum Gasteiger partial charge on any atom is 0.308 e. The van der Waals surface area contributed by atoms with E-state index in [9.17, 15) is 4.79 Å². The van der Waals surface area contributed by atoms with Crippen LogP contribution in [0.2, 0.25) is 0 Å². The number of hydrogen-bond donors (Lipinski definition) is 1. The van der Waals surface area contributed by atoms with Gasteiger partial charge in [-0.3, -0.25) is 4.79 Å². The van der Waals surface area contributed by atoms with Crippen LogP contribution in [0.3, 0.4) is 0 Å². The fourth-order valence-corrected chi connectivity index (χ4v) is 3.37. The van der Waals surface area contributed by atoms with Crippen LogP contribution in [-0.4, -0.2) is 23.2 Å².